The van der Waals surface area contributed by atoms with E-state index in [-0.39, 0.29) is 17.9 Å². The molecule has 0 aromatic heterocycles. The summed E-state index contributed by atoms with van der Waals surface area (Å²) in [6.45, 7) is 0. The first-order valence-electron chi connectivity index (χ1n) is 6.14. The molecule has 1 fully saturated rings. The van der Waals surface area contributed by atoms with E-state index in [1.54, 1.807) is 0 Å². The quantitative estimate of drug-likeness (QED) is 0.868. The average Bonchev–Trinajstić information content (AvgIpc) is 3.17. The normalized spacial score (nSPS) is 23.8. The maximum absolute atomic E-state index is 10.9. The van der Waals surface area contributed by atoms with Crippen molar-refractivity contribution in [3.63, 3.8) is 0 Å². The highest BCUT2D eigenvalue weighted by Gasteiger charge is 2.47. The fraction of sp³-hybridized carbons (Fsp3) is 0.267. The molecule has 0 amide bonds. The molecule has 1 aliphatic carbocycles. The second-order valence-electron chi connectivity index (χ2n) is 4.94. The first kappa shape index (κ1) is 11.2. The first-order chi connectivity index (χ1) is 8.68. The molecule has 3 N–H and O–H groups in total. The molecule has 3 atom stereocenters. The van der Waals surface area contributed by atoms with Gasteiger partial charge in [0.2, 0.25) is 0 Å². The molecule has 18 heavy (non-hydrogen) atoms. The van der Waals surface area contributed by atoms with Crippen LogP contribution < -0.4 is 5.73 Å². The third-order valence-electron chi connectivity index (χ3n) is 3.80. The summed E-state index contributed by atoms with van der Waals surface area (Å²) in [4.78, 5) is 10.9. The van der Waals surface area contributed by atoms with E-state index >= 15 is 0 Å². The number of aliphatic carboxylic acids is 1. The van der Waals surface area contributed by atoms with Gasteiger partial charge in [0.25, 0.3) is 0 Å². The van der Waals surface area contributed by atoms with Crippen molar-refractivity contribution in [1.29, 1.82) is 0 Å². The van der Waals surface area contributed by atoms with Crippen molar-refractivity contribution in [3.05, 3.63) is 48.0 Å². The molecule has 1 saturated carbocycles. The van der Waals surface area contributed by atoms with E-state index in [0.29, 0.717) is 6.42 Å². The van der Waals surface area contributed by atoms with Crippen LogP contribution in [0.5, 0.6) is 0 Å². The van der Waals surface area contributed by atoms with E-state index in [2.05, 4.69) is 0 Å². The zero-order valence-electron chi connectivity index (χ0n) is 9.91. The highest BCUT2D eigenvalue weighted by molar-refractivity contribution is 5.86. The van der Waals surface area contributed by atoms with Gasteiger partial charge < -0.3 is 10.8 Å². The Morgan fingerprint density at radius 3 is 2.67 bits per heavy atom. The van der Waals surface area contributed by atoms with Crippen molar-refractivity contribution >= 4 is 16.7 Å². The molecule has 0 heterocycles. The maximum atomic E-state index is 10.9. The van der Waals surface area contributed by atoms with Crippen LogP contribution in [-0.2, 0) is 4.79 Å². The van der Waals surface area contributed by atoms with Crippen LogP contribution >= 0.6 is 0 Å². The monoisotopic (exact) mass is 241 g/mol. The smallest absolute Gasteiger partial charge is 0.306 e. The summed E-state index contributed by atoms with van der Waals surface area (Å²) in [5.74, 6) is -0.914. The molecule has 0 saturated heterocycles. The highest BCUT2D eigenvalue weighted by Crippen LogP contribution is 2.47. The van der Waals surface area contributed by atoms with Gasteiger partial charge in [-0.05, 0) is 28.7 Å². The predicted octanol–water partition coefficient (Wildman–Crippen LogP) is 2.56. The van der Waals surface area contributed by atoms with E-state index in [9.17, 15) is 4.79 Å². The molecule has 0 aliphatic heterocycles. The average molecular weight is 241 g/mol. The molecule has 3 heteroatoms. The number of hydrogen-bond donors (Lipinski definition) is 2. The van der Waals surface area contributed by atoms with Crippen LogP contribution in [0.3, 0.4) is 0 Å². The molecule has 1 aliphatic rings. The van der Waals surface area contributed by atoms with Gasteiger partial charge in [0.15, 0.2) is 0 Å². The van der Waals surface area contributed by atoms with Crippen molar-refractivity contribution < 1.29 is 9.90 Å². The Kier molecular flexibility index (Phi) is 2.56. The second-order valence-corrected chi connectivity index (χ2v) is 4.94. The van der Waals surface area contributed by atoms with Crippen molar-refractivity contribution in [2.24, 2.45) is 17.6 Å². The number of hydrogen-bond acceptors (Lipinski definition) is 2. The summed E-state index contributed by atoms with van der Waals surface area (Å²) in [6, 6.07) is 13.9. The number of fused-ring (bicyclic) bond motifs is 1. The topological polar surface area (TPSA) is 63.3 Å². The second kappa shape index (κ2) is 4.10. The van der Waals surface area contributed by atoms with Gasteiger partial charge in [0, 0.05) is 6.04 Å². The van der Waals surface area contributed by atoms with E-state index < -0.39 is 5.97 Å². The first-order valence-corrected chi connectivity index (χ1v) is 6.14. The largest absolute Gasteiger partial charge is 0.481 e. The van der Waals surface area contributed by atoms with Crippen LogP contribution in [-0.4, -0.2) is 11.1 Å². The van der Waals surface area contributed by atoms with Crippen LogP contribution in [0.1, 0.15) is 18.0 Å². The summed E-state index contributed by atoms with van der Waals surface area (Å²) in [7, 11) is 0. The zero-order chi connectivity index (χ0) is 12.7. The third kappa shape index (κ3) is 1.77. The van der Waals surface area contributed by atoms with Crippen molar-refractivity contribution in [2.45, 2.75) is 12.5 Å². The summed E-state index contributed by atoms with van der Waals surface area (Å²) in [5, 5.41) is 11.3. The number of carboxylic acid groups (broad SMARTS) is 1. The molecule has 3 unspecified atom stereocenters. The van der Waals surface area contributed by atoms with Gasteiger partial charge in [-0.1, -0.05) is 42.5 Å². The molecule has 0 bridgehead atoms. The van der Waals surface area contributed by atoms with Gasteiger partial charge in [0.1, 0.15) is 0 Å². The van der Waals surface area contributed by atoms with Crippen LogP contribution in [0.15, 0.2) is 42.5 Å². The van der Waals surface area contributed by atoms with Crippen molar-refractivity contribution in [1.82, 2.24) is 0 Å². The number of carboxylic acids is 1. The Morgan fingerprint density at radius 2 is 1.94 bits per heavy atom. The molecular formula is C15H15NO2. The lowest BCUT2D eigenvalue weighted by Gasteiger charge is -2.14. The van der Waals surface area contributed by atoms with E-state index in [0.717, 1.165) is 16.3 Å². The minimum absolute atomic E-state index is 0.0771. The van der Waals surface area contributed by atoms with Crippen LogP contribution in [0.25, 0.3) is 10.8 Å². The standard InChI is InChI=1S/C15H15NO2/c16-14(12-8-13(12)15(17)18)11-7-3-5-9-4-1-2-6-10(9)11/h1-7,12-14H,8,16H2,(H,17,18). The van der Waals surface area contributed by atoms with E-state index in [4.69, 9.17) is 10.8 Å². The van der Waals surface area contributed by atoms with Crippen molar-refractivity contribution in [2.75, 3.05) is 0 Å². The molecule has 0 radical (unpaired) electrons. The summed E-state index contributed by atoms with van der Waals surface area (Å²) >= 11 is 0. The maximum Gasteiger partial charge on any atom is 0.306 e. The Bertz CT molecular complexity index is 603. The van der Waals surface area contributed by atoms with Crippen LogP contribution in [0.2, 0.25) is 0 Å². The number of rotatable bonds is 3. The third-order valence-corrected chi connectivity index (χ3v) is 3.80. The minimum Gasteiger partial charge on any atom is -0.481 e. The van der Waals surface area contributed by atoms with Crippen molar-refractivity contribution in [3.8, 4) is 0 Å². The number of benzene rings is 2. The van der Waals surface area contributed by atoms with Crippen LogP contribution in [0.4, 0.5) is 0 Å². The number of nitrogens with two attached hydrogens (primary N) is 1. The minimum atomic E-state index is -0.726. The van der Waals surface area contributed by atoms with E-state index in [1.807, 2.05) is 42.5 Å². The molecule has 2 aromatic rings. The lowest BCUT2D eigenvalue weighted by Crippen LogP contribution is -2.16. The Hall–Kier alpha value is -1.87. The molecule has 92 valence electrons. The van der Waals surface area contributed by atoms with Gasteiger partial charge >= 0.3 is 5.97 Å². The van der Waals surface area contributed by atoms with Gasteiger partial charge in [-0.3, -0.25) is 4.79 Å². The highest BCUT2D eigenvalue weighted by atomic mass is 16.4. The lowest BCUT2D eigenvalue weighted by molar-refractivity contribution is -0.138. The molecular weight excluding hydrogens is 226 g/mol. The van der Waals surface area contributed by atoms with Gasteiger partial charge in [0.05, 0.1) is 5.92 Å². The Balaban J connectivity index is 1.97. The number of carbonyl (C=O) groups is 1. The Morgan fingerprint density at radius 1 is 1.22 bits per heavy atom. The van der Waals surface area contributed by atoms with Crippen LogP contribution in [0, 0.1) is 11.8 Å². The predicted molar refractivity (Wildman–Crippen MR) is 70.1 cm³/mol. The summed E-state index contributed by atoms with van der Waals surface area (Å²) < 4.78 is 0. The molecule has 2 aromatic carbocycles. The van der Waals surface area contributed by atoms with Gasteiger partial charge in [-0.15, -0.1) is 0 Å². The molecule has 0 spiro atoms. The molecule has 3 rings (SSSR count). The lowest BCUT2D eigenvalue weighted by atomic mass is 9.96. The summed E-state index contributed by atoms with van der Waals surface area (Å²) in [6.07, 6.45) is 0.694. The Labute approximate surface area is 105 Å². The fourth-order valence-corrected chi connectivity index (χ4v) is 2.67. The summed E-state index contributed by atoms with van der Waals surface area (Å²) in [5.41, 5.74) is 7.29. The van der Waals surface area contributed by atoms with Gasteiger partial charge in [-0.25, -0.2) is 0 Å². The zero-order valence-corrected chi connectivity index (χ0v) is 9.91. The van der Waals surface area contributed by atoms with E-state index in [1.165, 1.54) is 0 Å². The van der Waals surface area contributed by atoms with Gasteiger partial charge in [-0.2, -0.15) is 0 Å². The fourth-order valence-electron chi connectivity index (χ4n) is 2.67. The SMILES string of the molecule is NC(c1cccc2ccccc12)C1CC1C(=O)O. The molecule has 3 nitrogen and oxygen atoms in total.